The number of hydrogen-bond acceptors (Lipinski definition) is 3. The summed E-state index contributed by atoms with van der Waals surface area (Å²) >= 11 is 0. The molecule has 3 heteroatoms. The molecule has 0 fully saturated rings. The summed E-state index contributed by atoms with van der Waals surface area (Å²) in [6, 6.07) is 4.36. The Morgan fingerprint density at radius 1 is 1.03 bits per heavy atom. The second-order valence-electron chi connectivity index (χ2n) is 11.2. The van der Waals surface area contributed by atoms with E-state index in [0.717, 1.165) is 56.1 Å². The maximum absolute atomic E-state index is 13.2. The van der Waals surface area contributed by atoms with Crippen LogP contribution >= 0.6 is 0 Å². The Labute approximate surface area is 215 Å². The van der Waals surface area contributed by atoms with Gasteiger partial charge in [0.25, 0.3) is 0 Å². The first kappa shape index (κ1) is 31.3. The van der Waals surface area contributed by atoms with E-state index >= 15 is 0 Å². The first-order valence-corrected chi connectivity index (χ1v) is 14.3. The van der Waals surface area contributed by atoms with E-state index in [1.54, 1.807) is 0 Å². The largest absolute Gasteiger partial charge is 0.300 e. The topological polar surface area (TPSA) is 51.2 Å². The molecular weight excluding hydrogens is 432 g/mol. The number of hydrogen-bond donors (Lipinski definition) is 0. The van der Waals surface area contributed by atoms with Gasteiger partial charge in [-0.15, -0.1) is 0 Å². The van der Waals surface area contributed by atoms with Gasteiger partial charge in [-0.1, -0.05) is 79.4 Å². The first-order valence-electron chi connectivity index (χ1n) is 14.3. The van der Waals surface area contributed by atoms with Crippen LogP contribution in [0.3, 0.4) is 0 Å². The Morgan fingerprint density at radius 2 is 1.69 bits per heavy atom. The number of carbonyl (C=O) groups is 3. The SMILES string of the molecule is CCC.CCCC(CC1CC(=O)c2c(C)ccc(CCCC(C)C)c2C1)C(CC)C(=O)CC(C)=O. The van der Waals surface area contributed by atoms with Crippen LogP contribution in [0.15, 0.2) is 12.1 Å². The molecule has 0 radical (unpaired) electrons. The Morgan fingerprint density at radius 3 is 2.23 bits per heavy atom. The summed E-state index contributed by atoms with van der Waals surface area (Å²) in [6.45, 7) is 16.5. The molecule has 0 N–H and O–H groups in total. The molecule has 1 aromatic rings. The number of fused-ring (bicyclic) bond motifs is 1. The summed E-state index contributed by atoms with van der Waals surface area (Å²) in [5.41, 5.74) is 4.68. The molecule has 0 aliphatic heterocycles. The Hall–Kier alpha value is -1.77. The molecule has 3 nitrogen and oxygen atoms in total. The van der Waals surface area contributed by atoms with Crippen molar-refractivity contribution in [2.45, 2.75) is 126 Å². The monoisotopic (exact) mass is 484 g/mol. The molecule has 3 unspecified atom stereocenters. The van der Waals surface area contributed by atoms with Crippen LogP contribution < -0.4 is 0 Å². The van der Waals surface area contributed by atoms with E-state index in [9.17, 15) is 14.4 Å². The zero-order valence-corrected chi connectivity index (χ0v) is 24.0. The lowest BCUT2D eigenvalue weighted by atomic mass is 9.71. The summed E-state index contributed by atoms with van der Waals surface area (Å²) in [4.78, 5) is 37.5. The second-order valence-corrected chi connectivity index (χ2v) is 11.2. The maximum atomic E-state index is 13.2. The molecule has 0 amide bonds. The zero-order chi connectivity index (χ0) is 26.5. The van der Waals surface area contributed by atoms with Crippen molar-refractivity contribution < 1.29 is 14.4 Å². The van der Waals surface area contributed by atoms with Gasteiger partial charge in [-0.25, -0.2) is 0 Å². The van der Waals surface area contributed by atoms with Crippen molar-refractivity contribution in [3.05, 3.63) is 34.4 Å². The number of carbonyl (C=O) groups excluding carboxylic acids is 3. The van der Waals surface area contributed by atoms with Crippen molar-refractivity contribution in [1.82, 2.24) is 0 Å². The van der Waals surface area contributed by atoms with Crippen LogP contribution in [0.25, 0.3) is 0 Å². The third-order valence-corrected chi connectivity index (χ3v) is 7.23. The highest BCUT2D eigenvalue weighted by Crippen LogP contribution is 2.38. The summed E-state index contributed by atoms with van der Waals surface area (Å²) in [5, 5.41) is 0. The zero-order valence-electron chi connectivity index (χ0n) is 24.0. The van der Waals surface area contributed by atoms with E-state index in [4.69, 9.17) is 0 Å². The Balaban J connectivity index is 0.00000194. The van der Waals surface area contributed by atoms with Gasteiger partial charge in [0.1, 0.15) is 11.6 Å². The van der Waals surface area contributed by atoms with E-state index in [0.29, 0.717) is 12.3 Å². The van der Waals surface area contributed by atoms with Gasteiger partial charge in [-0.3, -0.25) is 14.4 Å². The minimum atomic E-state index is -0.0710. The van der Waals surface area contributed by atoms with Crippen molar-refractivity contribution in [2.24, 2.45) is 23.7 Å². The van der Waals surface area contributed by atoms with Crippen LogP contribution in [-0.2, 0) is 22.4 Å². The van der Waals surface area contributed by atoms with Crippen molar-refractivity contribution in [3.63, 3.8) is 0 Å². The lowest BCUT2D eigenvalue weighted by Crippen LogP contribution is -2.30. The lowest BCUT2D eigenvalue weighted by molar-refractivity contribution is -0.129. The van der Waals surface area contributed by atoms with Crippen LogP contribution in [0.4, 0.5) is 0 Å². The highest BCUT2D eigenvalue weighted by Gasteiger charge is 2.33. The number of rotatable bonds is 13. The average Bonchev–Trinajstić information content (AvgIpc) is 2.75. The smallest absolute Gasteiger partial charge is 0.163 e. The van der Waals surface area contributed by atoms with E-state index in [2.05, 4.69) is 60.6 Å². The molecule has 0 aromatic heterocycles. The van der Waals surface area contributed by atoms with Crippen LogP contribution in [0.5, 0.6) is 0 Å². The minimum absolute atomic E-state index is 0.0460. The molecule has 198 valence electrons. The number of Topliss-reactive ketones (excluding diaryl/α,β-unsaturated/α-hetero) is 3. The summed E-state index contributed by atoms with van der Waals surface area (Å²) in [6.07, 6.45) is 9.89. The fraction of sp³-hybridized carbons (Fsp3) is 0.719. The molecule has 1 aliphatic carbocycles. The van der Waals surface area contributed by atoms with Gasteiger partial charge in [-0.05, 0) is 80.4 Å². The van der Waals surface area contributed by atoms with E-state index in [1.165, 1.54) is 30.9 Å². The summed E-state index contributed by atoms with van der Waals surface area (Å²) in [7, 11) is 0. The van der Waals surface area contributed by atoms with Gasteiger partial charge >= 0.3 is 0 Å². The highest BCUT2D eigenvalue weighted by molar-refractivity contribution is 6.00. The number of benzene rings is 1. The molecule has 0 saturated heterocycles. The van der Waals surface area contributed by atoms with E-state index < -0.39 is 0 Å². The van der Waals surface area contributed by atoms with Crippen LogP contribution in [0.1, 0.15) is 133 Å². The predicted molar refractivity (Wildman–Crippen MR) is 148 cm³/mol. The Bertz CT molecular complexity index is 820. The Kier molecular flexibility index (Phi) is 14.4. The molecule has 0 spiro atoms. The summed E-state index contributed by atoms with van der Waals surface area (Å²) < 4.78 is 0. The molecular formula is C32H52O3. The standard InChI is InChI=1S/C29H44O3.C3H8/c1-7-10-24(25(8-2)27(31)15-21(6)30)16-22-17-26-23(12-9-11-19(3)4)14-13-20(5)29(26)28(32)18-22;1-3-2/h13-14,19,22,24-25H,7-12,15-18H2,1-6H3;3H2,1-2H3. The quantitative estimate of drug-likeness (QED) is 0.264. The van der Waals surface area contributed by atoms with Crippen molar-refractivity contribution in [3.8, 4) is 0 Å². The van der Waals surface area contributed by atoms with Gasteiger partial charge in [0.15, 0.2) is 5.78 Å². The molecule has 0 saturated carbocycles. The lowest BCUT2D eigenvalue weighted by Gasteiger charge is -2.32. The van der Waals surface area contributed by atoms with Crippen LogP contribution in [0, 0.1) is 30.6 Å². The van der Waals surface area contributed by atoms with Gasteiger partial charge in [0, 0.05) is 17.9 Å². The van der Waals surface area contributed by atoms with Crippen molar-refractivity contribution in [1.29, 1.82) is 0 Å². The van der Waals surface area contributed by atoms with E-state index in [1.807, 2.05) is 0 Å². The van der Waals surface area contributed by atoms with Crippen molar-refractivity contribution in [2.75, 3.05) is 0 Å². The average molecular weight is 485 g/mol. The van der Waals surface area contributed by atoms with Gasteiger partial charge in [0.2, 0.25) is 0 Å². The molecule has 1 aliphatic rings. The van der Waals surface area contributed by atoms with Crippen LogP contribution in [0.2, 0.25) is 0 Å². The number of aryl methyl sites for hydroxylation is 2. The van der Waals surface area contributed by atoms with Gasteiger partial charge < -0.3 is 0 Å². The fourth-order valence-corrected chi connectivity index (χ4v) is 5.74. The third kappa shape index (κ3) is 10.0. The second kappa shape index (κ2) is 16.1. The molecule has 2 rings (SSSR count). The molecule has 3 atom stereocenters. The molecule has 0 heterocycles. The molecule has 1 aromatic carbocycles. The summed E-state index contributed by atoms with van der Waals surface area (Å²) in [5.74, 6) is 1.48. The highest BCUT2D eigenvalue weighted by atomic mass is 16.1. The number of ketones is 3. The normalized spacial score (nSPS) is 16.8. The van der Waals surface area contributed by atoms with Gasteiger partial charge in [-0.2, -0.15) is 0 Å². The fourth-order valence-electron chi connectivity index (χ4n) is 5.74. The molecule has 0 bridgehead atoms. The predicted octanol–water partition coefficient (Wildman–Crippen LogP) is 8.52. The third-order valence-electron chi connectivity index (χ3n) is 7.23. The minimum Gasteiger partial charge on any atom is -0.300 e. The van der Waals surface area contributed by atoms with E-state index in [-0.39, 0.29) is 41.5 Å². The maximum Gasteiger partial charge on any atom is 0.163 e. The first-order chi connectivity index (χ1) is 16.6. The molecule has 35 heavy (non-hydrogen) atoms. The van der Waals surface area contributed by atoms with Gasteiger partial charge in [0.05, 0.1) is 6.42 Å². The van der Waals surface area contributed by atoms with Crippen molar-refractivity contribution >= 4 is 17.3 Å². The van der Waals surface area contributed by atoms with Crippen LogP contribution in [-0.4, -0.2) is 17.3 Å².